The molecule has 0 fully saturated rings. The molecular formula is C11H17IN2O2. The van der Waals surface area contributed by atoms with Gasteiger partial charge in [0.15, 0.2) is 0 Å². The van der Waals surface area contributed by atoms with Crippen molar-refractivity contribution in [2.24, 2.45) is 0 Å². The van der Waals surface area contributed by atoms with Gasteiger partial charge >= 0.3 is 0 Å². The Morgan fingerprint density at radius 1 is 1.50 bits per heavy atom. The van der Waals surface area contributed by atoms with Gasteiger partial charge in [0.2, 0.25) is 0 Å². The minimum Gasteiger partial charge on any atom is -0.374 e. The lowest BCUT2D eigenvalue weighted by Crippen LogP contribution is -2.21. The molecule has 1 unspecified atom stereocenters. The van der Waals surface area contributed by atoms with Crippen LogP contribution < -0.4 is 5.56 Å². The summed E-state index contributed by atoms with van der Waals surface area (Å²) in [6.45, 7) is 6.06. The van der Waals surface area contributed by atoms with Crippen molar-refractivity contribution >= 4 is 22.6 Å². The number of hydrogen-bond donors (Lipinski definition) is 1. The zero-order valence-electron chi connectivity index (χ0n) is 10.0. The fourth-order valence-electron chi connectivity index (χ4n) is 1.50. The summed E-state index contributed by atoms with van der Waals surface area (Å²) in [4.78, 5) is 19.0. The Labute approximate surface area is 109 Å². The van der Waals surface area contributed by atoms with Crippen LogP contribution in [-0.2, 0) is 4.74 Å². The van der Waals surface area contributed by atoms with Crippen LogP contribution in [0.2, 0.25) is 0 Å². The maximum atomic E-state index is 11.7. The van der Waals surface area contributed by atoms with E-state index in [9.17, 15) is 4.79 Å². The molecule has 0 aliphatic rings. The predicted molar refractivity (Wildman–Crippen MR) is 71.7 cm³/mol. The summed E-state index contributed by atoms with van der Waals surface area (Å²) in [6.07, 6.45) is 0.652. The third-order valence-corrected chi connectivity index (χ3v) is 3.46. The Balaban J connectivity index is 3.28. The van der Waals surface area contributed by atoms with Crippen molar-refractivity contribution in [2.45, 2.75) is 39.2 Å². The number of nitrogens with zero attached hydrogens (tertiary/aromatic N) is 1. The van der Waals surface area contributed by atoms with E-state index >= 15 is 0 Å². The number of methoxy groups -OCH3 is 1. The highest BCUT2D eigenvalue weighted by Gasteiger charge is 2.16. The first-order chi connectivity index (χ1) is 7.51. The molecule has 4 nitrogen and oxygen atoms in total. The van der Waals surface area contributed by atoms with Crippen molar-refractivity contribution in [1.29, 1.82) is 0 Å². The van der Waals surface area contributed by atoms with Crippen LogP contribution in [0.3, 0.4) is 0 Å². The van der Waals surface area contributed by atoms with Crippen molar-refractivity contribution in [1.82, 2.24) is 9.97 Å². The van der Waals surface area contributed by atoms with E-state index in [-0.39, 0.29) is 17.6 Å². The van der Waals surface area contributed by atoms with Crippen LogP contribution in [0.25, 0.3) is 0 Å². The lowest BCUT2D eigenvalue weighted by Gasteiger charge is -2.15. The van der Waals surface area contributed by atoms with Crippen LogP contribution in [0, 0.1) is 3.57 Å². The number of ether oxygens (including phenoxy) is 1. The van der Waals surface area contributed by atoms with Gasteiger partial charge in [-0.2, -0.15) is 0 Å². The summed E-state index contributed by atoms with van der Waals surface area (Å²) >= 11 is 2.04. The van der Waals surface area contributed by atoms with Crippen molar-refractivity contribution < 1.29 is 4.74 Å². The van der Waals surface area contributed by atoms with Gasteiger partial charge in [0.25, 0.3) is 5.56 Å². The molecule has 1 rings (SSSR count). The van der Waals surface area contributed by atoms with E-state index in [2.05, 4.69) is 9.97 Å². The molecule has 0 radical (unpaired) electrons. The molecule has 16 heavy (non-hydrogen) atoms. The first kappa shape index (κ1) is 13.6. The predicted octanol–water partition coefficient (Wildman–Crippen LogP) is 2.60. The molecule has 0 aliphatic carbocycles. The lowest BCUT2D eigenvalue weighted by atomic mass is 10.1. The van der Waals surface area contributed by atoms with Gasteiger partial charge in [0.1, 0.15) is 11.9 Å². The Morgan fingerprint density at radius 3 is 2.56 bits per heavy atom. The fraction of sp³-hybridized carbons (Fsp3) is 0.636. The molecule has 0 spiro atoms. The van der Waals surface area contributed by atoms with Gasteiger partial charge < -0.3 is 9.72 Å². The minimum atomic E-state index is -0.137. The van der Waals surface area contributed by atoms with Crippen LogP contribution >= 0.6 is 22.6 Å². The molecule has 0 aliphatic heterocycles. The average Bonchev–Trinajstić information content (AvgIpc) is 2.24. The van der Waals surface area contributed by atoms with Gasteiger partial charge in [0, 0.05) is 7.11 Å². The molecule has 0 saturated heterocycles. The number of nitrogens with one attached hydrogen (secondary N) is 1. The summed E-state index contributed by atoms with van der Waals surface area (Å²) in [5, 5.41) is 0. The Hall–Kier alpha value is -0.430. The van der Waals surface area contributed by atoms with Gasteiger partial charge in [-0.05, 0) is 34.9 Å². The first-order valence-corrected chi connectivity index (χ1v) is 6.41. The summed E-state index contributed by atoms with van der Waals surface area (Å²) < 4.78 is 5.95. The number of aromatic amines is 1. The second-order valence-corrected chi connectivity index (χ2v) is 5.02. The molecule has 90 valence electrons. The molecule has 0 amide bonds. The van der Waals surface area contributed by atoms with Crippen molar-refractivity contribution in [2.75, 3.05) is 7.11 Å². The fourth-order valence-corrected chi connectivity index (χ4v) is 2.38. The smallest absolute Gasteiger partial charge is 0.264 e. The molecule has 0 saturated carbocycles. The number of halogens is 1. The standard InChI is InChI=1S/C11H17IN2O2/c1-5-7(16-4)10-13-9(6(2)3)8(12)11(15)14-10/h6-7H,5H2,1-4H3,(H,13,14,15). The summed E-state index contributed by atoms with van der Waals surface area (Å²) in [6, 6.07) is 0. The first-order valence-electron chi connectivity index (χ1n) is 5.33. The van der Waals surface area contributed by atoms with Crippen molar-refractivity contribution in [3.8, 4) is 0 Å². The maximum Gasteiger partial charge on any atom is 0.264 e. The average molecular weight is 336 g/mol. The molecule has 1 aromatic heterocycles. The Morgan fingerprint density at radius 2 is 2.12 bits per heavy atom. The third kappa shape index (κ3) is 2.82. The molecular weight excluding hydrogens is 319 g/mol. The van der Waals surface area contributed by atoms with Crippen LogP contribution in [0.5, 0.6) is 0 Å². The number of aromatic nitrogens is 2. The van der Waals surface area contributed by atoms with E-state index in [0.717, 1.165) is 12.1 Å². The Bertz CT molecular complexity index is 411. The zero-order chi connectivity index (χ0) is 12.3. The van der Waals surface area contributed by atoms with Gasteiger partial charge in [0.05, 0.1) is 9.26 Å². The van der Waals surface area contributed by atoms with Gasteiger partial charge in [-0.15, -0.1) is 0 Å². The number of rotatable bonds is 4. The topological polar surface area (TPSA) is 55.0 Å². The quantitative estimate of drug-likeness (QED) is 0.860. The molecule has 1 atom stereocenters. The van der Waals surface area contributed by atoms with E-state index in [1.807, 2.05) is 43.4 Å². The van der Waals surface area contributed by atoms with Crippen LogP contribution in [0.15, 0.2) is 4.79 Å². The normalized spacial score (nSPS) is 13.1. The molecule has 5 heteroatoms. The molecule has 1 aromatic rings. The van der Waals surface area contributed by atoms with E-state index in [4.69, 9.17) is 4.74 Å². The number of H-pyrrole nitrogens is 1. The van der Waals surface area contributed by atoms with Gasteiger partial charge in [-0.1, -0.05) is 20.8 Å². The minimum absolute atomic E-state index is 0.0789. The van der Waals surface area contributed by atoms with E-state index in [0.29, 0.717) is 9.39 Å². The van der Waals surface area contributed by atoms with E-state index < -0.39 is 0 Å². The SMILES string of the molecule is CCC(OC)c1nc(C(C)C)c(I)c(=O)[nH]1. The maximum absolute atomic E-state index is 11.7. The largest absolute Gasteiger partial charge is 0.374 e. The highest BCUT2D eigenvalue weighted by molar-refractivity contribution is 14.1. The monoisotopic (exact) mass is 336 g/mol. The van der Waals surface area contributed by atoms with Crippen molar-refractivity contribution in [3.63, 3.8) is 0 Å². The second kappa shape index (κ2) is 5.77. The van der Waals surface area contributed by atoms with Gasteiger partial charge in [-0.3, -0.25) is 4.79 Å². The lowest BCUT2D eigenvalue weighted by molar-refractivity contribution is 0.0920. The molecule has 1 N–H and O–H groups in total. The van der Waals surface area contributed by atoms with Crippen molar-refractivity contribution in [3.05, 3.63) is 25.4 Å². The van der Waals surface area contributed by atoms with Crippen LogP contribution in [0.1, 0.15) is 50.7 Å². The summed E-state index contributed by atoms with van der Waals surface area (Å²) in [5.41, 5.74) is 0.764. The highest BCUT2D eigenvalue weighted by Crippen LogP contribution is 2.20. The summed E-state index contributed by atoms with van der Waals surface area (Å²) in [7, 11) is 1.63. The van der Waals surface area contributed by atoms with Crippen LogP contribution in [0.4, 0.5) is 0 Å². The second-order valence-electron chi connectivity index (χ2n) is 3.94. The highest BCUT2D eigenvalue weighted by atomic mass is 127. The molecule has 0 aromatic carbocycles. The van der Waals surface area contributed by atoms with Crippen LogP contribution in [-0.4, -0.2) is 17.1 Å². The summed E-state index contributed by atoms with van der Waals surface area (Å²) in [5.74, 6) is 0.862. The van der Waals surface area contributed by atoms with E-state index in [1.54, 1.807) is 7.11 Å². The van der Waals surface area contributed by atoms with E-state index in [1.165, 1.54) is 0 Å². The van der Waals surface area contributed by atoms with Gasteiger partial charge in [-0.25, -0.2) is 4.98 Å². The molecule has 0 bridgehead atoms. The number of hydrogen-bond acceptors (Lipinski definition) is 3. The zero-order valence-corrected chi connectivity index (χ0v) is 12.2. The third-order valence-electron chi connectivity index (χ3n) is 2.41. The molecule has 1 heterocycles. The Kier molecular flexibility index (Phi) is 4.91.